The molecule has 2 heterocycles. The maximum Gasteiger partial charge on any atom is 0.419 e. The minimum Gasteiger partial charge on any atom is -0.496 e. The molecular weight excluding hydrogens is 628 g/mol. The number of Topliss-reactive ketones (excluding diaryl/α,β-unsaturated/α-hetero) is 1. The number of carbonyl (C=O) groups is 2. The number of nitrogens with zero attached hydrogens (tertiary/aromatic N) is 3. The Bertz CT molecular complexity index is 1640. The van der Waals surface area contributed by atoms with Gasteiger partial charge in [-0.25, -0.2) is 9.18 Å². The van der Waals surface area contributed by atoms with Crippen molar-refractivity contribution in [3.05, 3.63) is 58.8 Å². The molecule has 2 atom stereocenters. The van der Waals surface area contributed by atoms with Gasteiger partial charge in [0.15, 0.2) is 12.1 Å². The molecule has 8 nitrogen and oxygen atoms in total. The van der Waals surface area contributed by atoms with Crippen molar-refractivity contribution in [2.45, 2.75) is 91.0 Å². The van der Waals surface area contributed by atoms with E-state index in [0.717, 1.165) is 35.9 Å². The molecule has 0 spiro atoms. The molecule has 1 aliphatic heterocycles. The first kappa shape index (κ1) is 35.7. The quantitative estimate of drug-likeness (QED) is 0.125. The lowest BCUT2D eigenvalue weighted by molar-refractivity contribution is -0.145. The third kappa shape index (κ3) is 8.31. The van der Waals surface area contributed by atoms with E-state index >= 15 is 4.39 Å². The lowest BCUT2D eigenvalue weighted by Crippen LogP contribution is -2.53. The Morgan fingerprint density at radius 1 is 1.04 bits per heavy atom. The van der Waals surface area contributed by atoms with E-state index in [1.165, 1.54) is 9.47 Å². The van der Waals surface area contributed by atoms with E-state index in [1.54, 1.807) is 53.1 Å². The maximum atomic E-state index is 15.8. The van der Waals surface area contributed by atoms with Crippen LogP contribution in [0.4, 0.5) is 28.0 Å². The summed E-state index contributed by atoms with van der Waals surface area (Å²) in [7, 11) is 1.54. The van der Waals surface area contributed by atoms with Gasteiger partial charge in [-0.05, 0) is 81.8 Å². The molecule has 1 unspecified atom stereocenters. The molecule has 1 aromatic heterocycles. The normalized spacial score (nSPS) is 19.5. The van der Waals surface area contributed by atoms with Crippen LogP contribution in [-0.2, 0) is 11.3 Å². The number of aryl methyl sites for hydroxylation is 1. The Balaban J connectivity index is 1.55. The van der Waals surface area contributed by atoms with E-state index in [2.05, 4.69) is 5.32 Å². The standard InChI is InChI=1S/C36H46F4N4O4/c1-7-30(45)26-11-10-24(17-28(26)41-18-23-8-9-23)29-20-42(15-13-36(38,39)40)32(37)21-43(29)19-27-25-12-14-44(34(46)48-35(3,4)5)33(25)22(2)16-31(27)47-6/h10-12,14,16-17,23,29,32,41H,7-9,13,15,18-21H2,1-6H3/t29-,32?/m0/s1. The van der Waals surface area contributed by atoms with E-state index < -0.39 is 43.2 Å². The molecule has 2 aliphatic rings. The summed E-state index contributed by atoms with van der Waals surface area (Å²) in [6.45, 7) is 9.33. The number of ether oxygens (including phenoxy) is 2. The number of hydrogen-bond acceptors (Lipinski definition) is 7. The summed E-state index contributed by atoms with van der Waals surface area (Å²) in [5.41, 5.74) is 3.42. The molecule has 0 bridgehead atoms. The van der Waals surface area contributed by atoms with Gasteiger partial charge < -0.3 is 14.8 Å². The highest BCUT2D eigenvalue weighted by Crippen LogP contribution is 2.39. The molecular formula is C36H46F4N4O4. The minimum absolute atomic E-state index is 0.0105. The van der Waals surface area contributed by atoms with Gasteiger partial charge in [-0.3, -0.25) is 19.2 Å². The number of methoxy groups -OCH3 is 1. The summed E-state index contributed by atoms with van der Waals surface area (Å²) in [6.07, 6.45) is -3.52. The molecule has 3 aromatic rings. The first-order chi connectivity index (χ1) is 22.6. The molecule has 2 aromatic carbocycles. The van der Waals surface area contributed by atoms with Crippen LogP contribution in [0, 0.1) is 12.8 Å². The molecule has 5 rings (SSSR count). The van der Waals surface area contributed by atoms with Crippen LogP contribution >= 0.6 is 0 Å². The molecule has 2 fully saturated rings. The fourth-order valence-corrected chi connectivity index (χ4v) is 6.38. The topological polar surface area (TPSA) is 76.0 Å². The van der Waals surface area contributed by atoms with Gasteiger partial charge in [-0.1, -0.05) is 13.0 Å². The van der Waals surface area contributed by atoms with Crippen molar-refractivity contribution in [3.8, 4) is 5.75 Å². The highest BCUT2D eigenvalue weighted by Gasteiger charge is 2.38. The van der Waals surface area contributed by atoms with Crippen molar-refractivity contribution < 1.29 is 36.6 Å². The zero-order chi connectivity index (χ0) is 35.0. The molecule has 1 saturated carbocycles. The molecule has 0 amide bonds. The number of alkyl halides is 4. The van der Waals surface area contributed by atoms with Crippen molar-refractivity contribution >= 4 is 28.5 Å². The number of nitrogens with one attached hydrogen (secondary N) is 1. The van der Waals surface area contributed by atoms with Gasteiger partial charge in [0.25, 0.3) is 0 Å². The number of benzene rings is 2. The van der Waals surface area contributed by atoms with Crippen molar-refractivity contribution in [2.24, 2.45) is 5.92 Å². The van der Waals surface area contributed by atoms with Crippen molar-refractivity contribution in [1.82, 2.24) is 14.4 Å². The van der Waals surface area contributed by atoms with Crippen LogP contribution in [0.25, 0.3) is 10.9 Å². The number of anilines is 1. The average Bonchev–Trinajstić information content (AvgIpc) is 3.73. The van der Waals surface area contributed by atoms with Gasteiger partial charge >= 0.3 is 12.3 Å². The van der Waals surface area contributed by atoms with Crippen LogP contribution in [0.1, 0.15) is 86.5 Å². The molecule has 262 valence electrons. The summed E-state index contributed by atoms with van der Waals surface area (Å²) in [5.74, 6) is 1.07. The van der Waals surface area contributed by atoms with E-state index in [-0.39, 0.29) is 25.4 Å². The first-order valence-corrected chi connectivity index (χ1v) is 16.6. The summed E-state index contributed by atoms with van der Waals surface area (Å²) in [5, 5.41) is 4.16. The lowest BCUT2D eigenvalue weighted by atomic mass is 9.95. The molecule has 1 aliphatic carbocycles. The largest absolute Gasteiger partial charge is 0.496 e. The highest BCUT2D eigenvalue weighted by atomic mass is 19.4. The number of piperazine rings is 1. The van der Waals surface area contributed by atoms with Gasteiger partial charge in [-0.15, -0.1) is 0 Å². The van der Waals surface area contributed by atoms with Crippen molar-refractivity contribution in [3.63, 3.8) is 0 Å². The molecule has 48 heavy (non-hydrogen) atoms. The van der Waals surface area contributed by atoms with Crippen LogP contribution in [0.5, 0.6) is 5.75 Å². The number of fused-ring (bicyclic) bond motifs is 1. The zero-order valence-electron chi connectivity index (χ0n) is 28.5. The Morgan fingerprint density at radius 2 is 1.77 bits per heavy atom. The third-order valence-corrected chi connectivity index (χ3v) is 9.04. The molecule has 1 saturated heterocycles. The Hall–Kier alpha value is -3.64. The fourth-order valence-electron chi connectivity index (χ4n) is 6.38. The van der Waals surface area contributed by atoms with Crippen molar-refractivity contribution in [1.29, 1.82) is 0 Å². The van der Waals surface area contributed by atoms with Crippen LogP contribution in [0.3, 0.4) is 0 Å². The highest BCUT2D eigenvalue weighted by molar-refractivity contribution is 6.01. The number of rotatable bonds is 11. The molecule has 1 N–H and O–H groups in total. The summed E-state index contributed by atoms with van der Waals surface area (Å²) in [4.78, 5) is 29.2. The fraction of sp³-hybridized carbons (Fsp3) is 0.556. The maximum absolute atomic E-state index is 15.8. The monoisotopic (exact) mass is 674 g/mol. The van der Waals surface area contributed by atoms with Crippen LogP contribution < -0.4 is 10.1 Å². The third-order valence-electron chi connectivity index (χ3n) is 9.04. The number of halogens is 4. The van der Waals surface area contributed by atoms with Gasteiger partial charge in [0.05, 0.1) is 19.0 Å². The first-order valence-electron chi connectivity index (χ1n) is 16.6. The van der Waals surface area contributed by atoms with E-state index in [4.69, 9.17) is 9.47 Å². The van der Waals surface area contributed by atoms with E-state index in [0.29, 0.717) is 40.4 Å². The second kappa shape index (κ2) is 14.1. The summed E-state index contributed by atoms with van der Waals surface area (Å²) < 4.78 is 68.4. The predicted molar refractivity (Wildman–Crippen MR) is 177 cm³/mol. The van der Waals surface area contributed by atoms with Crippen LogP contribution in [-0.4, -0.2) is 77.6 Å². The van der Waals surface area contributed by atoms with Gasteiger partial charge in [-0.2, -0.15) is 13.2 Å². The summed E-state index contributed by atoms with van der Waals surface area (Å²) in [6, 6.07) is 8.60. The average molecular weight is 675 g/mol. The minimum atomic E-state index is -4.42. The Morgan fingerprint density at radius 3 is 2.40 bits per heavy atom. The van der Waals surface area contributed by atoms with E-state index in [1.807, 2.05) is 30.0 Å². The van der Waals surface area contributed by atoms with Crippen LogP contribution in [0.2, 0.25) is 0 Å². The molecule has 0 radical (unpaired) electrons. The van der Waals surface area contributed by atoms with Crippen molar-refractivity contribution in [2.75, 3.05) is 38.6 Å². The number of carbonyl (C=O) groups excluding carboxylic acids is 2. The zero-order valence-corrected chi connectivity index (χ0v) is 28.5. The smallest absolute Gasteiger partial charge is 0.419 e. The molecule has 12 heteroatoms. The van der Waals surface area contributed by atoms with Crippen LogP contribution in [0.15, 0.2) is 36.5 Å². The second-order valence-corrected chi connectivity index (χ2v) is 13.9. The second-order valence-electron chi connectivity index (χ2n) is 13.9. The SMILES string of the molecule is CCC(=O)c1ccc([C@@H]2CN(CCC(F)(F)F)C(F)CN2Cc2c(OC)cc(C)c3c2ccn3C(=O)OC(C)(C)C)cc1NCC1CC1. The number of hydrogen-bond donors (Lipinski definition) is 1. The van der Waals surface area contributed by atoms with Gasteiger partial charge in [0, 0.05) is 73.6 Å². The van der Waals surface area contributed by atoms with Gasteiger partial charge in [0.1, 0.15) is 11.4 Å². The van der Waals surface area contributed by atoms with Gasteiger partial charge in [0.2, 0.25) is 0 Å². The number of aromatic nitrogens is 1. The Labute approximate surface area is 279 Å². The predicted octanol–water partition coefficient (Wildman–Crippen LogP) is 8.26. The Kier molecular flexibility index (Phi) is 10.5. The summed E-state index contributed by atoms with van der Waals surface area (Å²) >= 11 is 0. The van der Waals surface area contributed by atoms with E-state index in [9.17, 15) is 22.8 Å². The lowest BCUT2D eigenvalue weighted by Gasteiger charge is -2.44. The number of ketones is 1.